The van der Waals surface area contributed by atoms with Crippen LogP contribution in [-0.4, -0.2) is 29.8 Å². The van der Waals surface area contributed by atoms with Crippen LogP contribution in [0.25, 0.3) is 0 Å². The van der Waals surface area contributed by atoms with Gasteiger partial charge in [0.25, 0.3) is 0 Å². The lowest BCUT2D eigenvalue weighted by molar-refractivity contribution is -0.135. The van der Waals surface area contributed by atoms with Gasteiger partial charge in [-0.1, -0.05) is 0 Å². The summed E-state index contributed by atoms with van der Waals surface area (Å²) in [6.07, 6.45) is 0. The number of carbonyl (C=O) groups excluding carboxylic acids is 2. The van der Waals surface area contributed by atoms with E-state index in [-0.39, 0.29) is 5.91 Å². The van der Waals surface area contributed by atoms with Crippen LogP contribution in [0.5, 0.6) is 0 Å². The number of hydrogen-bond acceptors (Lipinski definition) is 2. The number of nitrogens with zero attached hydrogens (tertiary/aromatic N) is 1. The van der Waals surface area contributed by atoms with E-state index in [1.165, 1.54) is 18.9 Å². The lowest BCUT2D eigenvalue weighted by Crippen LogP contribution is -2.42. The zero-order valence-electron chi connectivity index (χ0n) is 6.42. The summed E-state index contributed by atoms with van der Waals surface area (Å²) in [4.78, 5) is 22.4. The molecule has 58 valence electrons. The normalized spacial score (nSPS) is 12.3. The molecule has 2 amide bonds. The zero-order chi connectivity index (χ0) is 8.31. The first-order chi connectivity index (χ1) is 4.46. The molecule has 0 bridgehead atoms. The Morgan fingerprint density at radius 2 is 1.90 bits per heavy atom. The minimum absolute atomic E-state index is 0.161. The highest BCUT2D eigenvalue weighted by Crippen LogP contribution is 1.93. The Kier molecular flexibility index (Phi) is 2.86. The van der Waals surface area contributed by atoms with Crippen molar-refractivity contribution in [2.45, 2.75) is 19.9 Å². The van der Waals surface area contributed by atoms with Crippen molar-refractivity contribution in [3.05, 3.63) is 0 Å². The summed E-state index contributed by atoms with van der Waals surface area (Å²) in [7, 11) is 1.54. The van der Waals surface area contributed by atoms with Crippen LogP contribution in [0.15, 0.2) is 0 Å². The molecule has 0 heterocycles. The summed E-state index contributed by atoms with van der Waals surface area (Å²) in [5, 5.41) is 0. The van der Waals surface area contributed by atoms with Crippen molar-refractivity contribution in [3.8, 4) is 0 Å². The molecule has 0 spiro atoms. The van der Waals surface area contributed by atoms with E-state index in [2.05, 4.69) is 0 Å². The minimum atomic E-state index is -0.516. The zero-order valence-corrected chi connectivity index (χ0v) is 6.42. The van der Waals surface area contributed by atoms with Crippen LogP contribution in [0.3, 0.4) is 0 Å². The molecule has 4 heteroatoms. The van der Waals surface area contributed by atoms with Crippen LogP contribution in [0.2, 0.25) is 0 Å². The summed E-state index contributed by atoms with van der Waals surface area (Å²) in [6, 6.07) is -0.516. The number of nitrogens with two attached hydrogens (primary N) is 1. The maximum absolute atomic E-state index is 10.6. The molecule has 2 N–H and O–H groups in total. The van der Waals surface area contributed by atoms with Gasteiger partial charge in [0.15, 0.2) is 0 Å². The lowest BCUT2D eigenvalue weighted by Gasteiger charge is -2.19. The Morgan fingerprint density at radius 1 is 1.50 bits per heavy atom. The number of amides is 2. The average Bonchev–Trinajstić information content (AvgIpc) is 1.84. The van der Waals surface area contributed by atoms with Crippen molar-refractivity contribution in [2.75, 3.05) is 7.05 Å². The quantitative estimate of drug-likeness (QED) is 0.559. The SMILES string of the molecule is CC(=O)N(C)[C@H](C)C(N)=O. The second kappa shape index (κ2) is 3.20. The first-order valence-corrected chi connectivity index (χ1v) is 2.99. The fourth-order valence-corrected chi connectivity index (χ4v) is 0.464. The summed E-state index contributed by atoms with van der Waals surface area (Å²) in [5.74, 6) is -0.649. The maximum atomic E-state index is 10.6. The molecule has 0 fully saturated rings. The van der Waals surface area contributed by atoms with Gasteiger partial charge < -0.3 is 10.6 Å². The Balaban J connectivity index is 4.07. The van der Waals surface area contributed by atoms with Crippen molar-refractivity contribution < 1.29 is 9.59 Å². The van der Waals surface area contributed by atoms with E-state index in [4.69, 9.17) is 5.73 Å². The predicted octanol–water partition coefficient (Wildman–Crippen LogP) is -0.662. The molecule has 0 aliphatic rings. The van der Waals surface area contributed by atoms with Crippen LogP contribution in [0, 0.1) is 0 Å². The number of carbonyl (C=O) groups is 2. The van der Waals surface area contributed by atoms with Gasteiger partial charge in [-0.25, -0.2) is 0 Å². The van der Waals surface area contributed by atoms with Gasteiger partial charge in [-0.15, -0.1) is 0 Å². The molecule has 0 saturated heterocycles. The van der Waals surface area contributed by atoms with Gasteiger partial charge in [0, 0.05) is 14.0 Å². The van der Waals surface area contributed by atoms with Crippen LogP contribution in [0.4, 0.5) is 0 Å². The largest absolute Gasteiger partial charge is 0.368 e. The molecule has 0 aromatic heterocycles. The minimum Gasteiger partial charge on any atom is -0.368 e. The van der Waals surface area contributed by atoms with Gasteiger partial charge in [-0.3, -0.25) is 9.59 Å². The Bertz CT molecular complexity index is 138. The van der Waals surface area contributed by atoms with Crippen molar-refractivity contribution in [2.24, 2.45) is 5.73 Å². The van der Waals surface area contributed by atoms with E-state index < -0.39 is 11.9 Å². The average molecular weight is 144 g/mol. The van der Waals surface area contributed by atoms with Crippen LogP contribution in [-0.2, 0) is 9.59 Å². The van der Waals surface area contributed by atoms with E-state index in [1.807, 2.05) is 0 Å². The smallest absolute Gasteiger partial charge is 0.239 e. The molecule has 0 radical (unpaired) electrons. The summed E-state index contributed by atoms with van der Waals surface area (Å²) in [5.41, 5.74) is 4.94. The van der Waals surface area contributed by atoms with Gasteiger partial charge in [0.05, 0.1) is 0 Å². The third-order valence-electron chi connectivity index (χ3n) is 1.49. The van der Waals surface area contributed by atoms with Crippen molar-refractivity contribution >= 4 is 11.8 Å². The molecule has 0 saturated carbocycles. The highest BCUT2D eigenvalue weighted by Gasteiger charge is 2.15. The summed E-state index contributed by atoms with van der Waals surface area (Å²) >= 11 is 0. The van der Waals surface area contributed by atoms with Gasteiger partial charge in [-0.05, 0) is 6.92 Å². The fourth-order valence-electron chi connectivity index (χ4n) is 0.464. The van der Waals surface area contributed by atoms with Gasteiger partial charge in [-0.2, -0.15) is 0 Å². The van der Waals surface area contributed by atoms with Crippen LogP contribution >= 0.6 is 0 Å². The predicted molar refractivity (Wildman–Crippen MR) is 37.1 cm³/mol. The second-order valence-corrected chi connectivity index (χ2v) is 2.21. The maximum Gasteiger partial charge on any atom is 0.239 e. The van der Waals surface area contributed by atoms with E-state index in [9.17, 15) is 9.59 Å². The highest BCUT2D eigenvalue weighted by atomic mass is 16.2. The number of rotatable bonds is 2. The monoisotopic (exact) mass is 144 g/mol. The third-order valence-corrected chi connectivity index (χ3v) is 1.49. The number of primary amides is 1. The molecule has 0 rings (SSSR count). The standard InChI is InChI=1S/C6H12N2O2/c1-4(6(7)10)8(3)5(2)9/h4H,1-3H3,(H2,7,10)/t4-/m1/s1. The Morgan fingerprint density at radius 3 is 2.00 bits per heavy atom. The Hall–Kier alpha value is -1.06. The highest BCUT2D eigenvalue weighted by molar-refractivity contribution is 5.85. The molecule has 0 unspecified atom stereocenters. The van der Waals surface area contributed by atoms with Crippen LogP contribution in [0.1, 0.15) is 13.8 Å². The van der Waals surface area contributed by atoms with E-state index in [0.717, 1.165) is 0 Å². The van der Waals surface area contributed by atoms with Crippen LogP contribution < -0.4 is 5.73 Å². The first kappa shape index (κ1) is 8.94. The number of hydrogen-bond donors (Lipinski definition) is 1. The molecular formula is C6H12N2O2. The van der Waals surface area contributed by atoms with Crippen molar-refractivity contribution in [3.63, 3.8) is 0 Å². The molecule has 0 aromatic rings. The second-order valence-electron chi connectivity index (χ2n) is 2.21. The van der Waals surface area contributed by atoms with E-state index in [0.29, 0.717) is 0 Å². The third kappa shape index (κ3) is 2.05. The van der Waals surface area contributed by atoms with E-state index in [1.54, 1.807) is 6.92 Å². The van der Waals surface area contributed by atoms with Gasteiger partial charge in [0.1, 0.15) is 6.04 Å². The molecule has 1 atom stereocenters. The molecule has 10 heavy (non-hydrogen) atoms. The molecule has 4 nitrogen and oxygen atoms in total. The van der Waals surface area contributed by atoms with Crippen molar-refractivity contribution in [1.82, 2.24) is 4.90 Å². The summed E-state index contributed by atoms with van der Waals surface area (Å²) in [6.45, 7) is 2.98. The molecule has 0 aromatic carbocycles. The molecule has 0 aliphatic carbocycles. The summed E-state index contributed by atoms with van der Waals surface area (Å²) < 4.78 is 0. The van der Waals surface area contributed by atoms with Gasteiger partial charge >= 0.3 is 0 Å². The number of likely N-dealkylation sites (N-methyl/N-ethyl adjacent to an activating group) is 1. The lowest BCUT2D eigenvalue weighted by atomic mass is 10.3. The van der Waals surface area contributed by atoms with Crippen molar-refractivity contribution in [1.29, 1.82) is 0 Å². The first-order valence-electron chi connectivity index (χ1n) is 2.99. The molecule has 0 aliphatic heterocycles. The topological polar surface area (TPSA) is 63.4 Å². The fraction of sp³-hybridized carbons (Fsp3) is 0.667. The Labute approximate surface area is 60.0 Å². The molecular weight excluding hydrogens is 132 g/mol. The van der Waals surface area contributed by atoms with Gasteiger partial charge in [0.2, 0.25) is 11.8 Å². The van der Waals surface area contributed by atoms with E-state index >= 15 is 0 Å².